The molecule has 0 bridgehead atoms. The van der Waals surface area contributed by atoms with Crippen molar-refractivity contribution in [3.8, 4) is 5.75 Å². The maximum atomic E-state index is 12.6. The standard InChI is InChI=1S/C22H17BrN2O4/c1-14(26)24-17-10-12-18(13-11-17)29-22(28)19-4-2-3-5-20(19)25-21(27)15-6-8-16(23)9-7-15/h2-13H,1H3,(H,24,26)(H,25,27). The zero-order chi connectivity index (χ0) is 20.8. The number of ether oxygens (including phenoxy) is 1. The van der Waals surface area contributed by atoms with E-state index in [0.29, 0.717) is 22.7 Å². The molecule has 146 valence electrons. The highest BCUT2D eigenvalue weighted by Gasteiger charge is 2.16. The van der Waals surface area contributed by atoms with Crippen molar-refractivity contribution < 1.29 is 19.1 Å². The third-order valence-corrected chi connectivity index (χ3v) is 4.42. The number of amides is 2. The fraction of sp³-hybridized carbons (Fsp3) is 0.0455. The summed E-state index contributed by atoms with van der Waals surface area (Å²) in [5, 5.41) is 5.38. The Bertz CT molecular complexity index is 1050. The number of benzene rings is 3. The molecule has 0 aromatic heterocycles. The van der Waals surface area contributed by atoms with Crippen molar-refractivity contribution in [3.63, 3.8) is 0 Å². The van der Waals surface area contributed by atoms with E-state index >= 15 is 0 Å². The Morgan fingerprint density at radius 3 is 2.14 bits per heavy atom. The SMILES string of the molecule is CC(=O)Nc1ccc(OC(=O)c2ccccc2NC(=O)c2ccc(Br)cc2)cc1. The molecular formula is C22H17BrN2O4. The van der Waals surface area contributed by atoms with Crippen molar-refractivity contribution in [2.75, 3.05) is 10.6 Å². The molecule has 3 aromatic carbocycles. The van der Waals surface area contributed by atoms with E-state index in [1.54, 1.807) is 72.8 Å². The molecule has 0 saturated carbocycles. The number of halogens is 1. The van der Waals surface area contributed by atoms with Crippen LogP contribution in [0.3, 0.4) is 0 Å². The summed E-state index contributed by atoms with van der Waals surface area (Å²) in [5.74, 6) is -0.815. The Labute approximate surface area is 176 Å². The molecule has 3 rings (SSSR count). The van der Waals surface area contributed by atoms with E-state index in [1.807, 2.05) is 0 Å². The quantitative estimate of drug-likeness (QED) is 0.426. The van der Waals surface area contributed by atoms with Crippen LogP contribution in [0.25, 0.3) is 0 Å². The maximum Gasteiger partial charge on any atom is 0.345 e. The Kier molecular flexibility index (Phi) is 6.41. The lowest BCUT2D eigenvalue weighted by molar-refractivity contribution is -0.114. The van der Waals surface area contributed by atoms with Crippen molar-refractivity contribution >= 4 is 45.1 Å². The Balaban J connectivity index is 1.73. The minimum Gasteiger partial charge on any atom is -0.423 e. The number of hydrogen-bond acceptors (Lipinski definition) is 4. The number of nitrogens with one attached hydrogen (secondary N) is 2. The average Bonchev–Trinajstić information content (AvgIpc) is 2.70. The van der Waals surface area contributed by atoms with Gasteiger partial charge in [0, 0.05) is 22.6 Å². The highest BCUT2D eigenvalue weighted by Crippen LogP contribution is 2.21. The Hall–Kier alpha value is -3.45. The molecule has 0 aliphatic carbocycles. The maximum absolute atomic E-state index is 12.6. The number of hydrogen-bond donors (Lipinski definition) is 2. The summed E-state index contributed by atoms with van der Waals surface area (Å²) in [6.45, 7) is 1.41. The Morgan fingerprint density at radius 1 is 0.828 bits per heavy atom. The predicted octanol–water partition coefficient (Wildman–Crippen LogP) is 4.88. The van der Waals surface area contributed by atoms with Crippen LogP contribution in [0, 0.1) is 0 Å². The van der Waals surface area contributed by atoms with E-state index in [1.165, 1.54) is 6.92 Å². The van der Waals surface area contributed by atoms with Gasteiger partial charge in [0.15, 0.2) is 0 Å². The molecule has 0 atom stereocenters. The van der Waals surface area contributed by atoms with Crippen LogP contribution in [0.2, 0.25) is 0 Å². The van der Waals surface area contributed by atoms with Crippen LogP contribution in [0.1, 0.15) is 27.6 Å². The van der Waals surface area contributed by atoms with Crippen LogP contribution in [0.15, 0.2) is 77.3 Å². The van der Waals surface area contributed by atoms with Crippen molar-refractivity contribution in [1.29, 1.82) is 0 Å². The highest BCUT2D eigenvalue weighted by atomic mass is 79.9. The molecule has 0 heterocycles. The van der Waals surface area contributed by atoms with Gasteiger partial charge >= 0.3 is 5.97 Å². The van der Waals surface area contributed by atoms with Gasteiger partial charge in [0.1, 0.15) is 5.75 Å². The third-order valence-electron chi connectivity index (χ3n) is 3.89. The minimum atomic E-state index is -0.607. The molecule has 0 aliphatic heterocycles. The number of esters is 1. The topological polar surface area (TPSA) is 84.5 Å². The summed E-state index contributed by atoms with van der Waals surface area (Å²) in [6.07, 6.45) is 0. The lowest BCUT2D eigenvalue weighted by Gasteiger charge is -2.11. The lowest BCUT2D eigenvalue weighted by atomic mass is 10.1. The van der Waals surface area contributed by atoms with Crippen molar-refractivity contribution in [1.82, 2.24) is 0 Å². The summed E-state index contributed by atoms with van der Waals surface area (Å²) in [6, 6.07) is 19.9. The van der Waals surface area contributed by atoms with Gasteiger partial charge in [-0.25, -0.2) is 4.79 Å². The number of rotatable bonds is 5. The van der Waals surface area contributed by atoms with Gasteiger partial charge in [0.25, 0.3) is 5.91 Å². The van der Waals surface area contributed by atoms with Gasteiger partial charge in [-0.2, -0.15) is 0 Å². The first kappa shape index (κ1) is 20.3. The fourth-order valence-corrected chi connectivity index (χ4v) is 2.80. The molecule has 0 radical (unpaired) electrons. The lowest BCUT2D eigenvalue weighted by Crippen LogP contribution is -2.17. The monoisotopic (exact) mass is 452 g/mol. The second-order valence-corrected chi connectivity index (χ2v) is 7.02. The van der Waals surface area contributed by atoms with Crippen LogP contribution in [-0.2, 0) is 4.79 Å². The van der Waals surface area contributed by atoms with E-state index in [0.717, 1.165) is 4.47 Å². The Morgan fingerprint density at radius 2 is 1.48 bits per heavy atom. The molecule has 0 saturated heterocycles. The molecule has 0 aliphatic rings. The molecule has 2 N–H and O–H groups in total. The van der Waals surface area contributed by atoms with Crippen LogP contribution in [0.4, 0.5) is 11.4 Å². The summed E-state index contributed by atoms with van der Waals surface area (Å²) in [7, 11) is 0. The zero-order valence-electron chi connectivity index (χ0n) is 15.4. The largest absolute Gasteiger partial charge is 0.423 e. The van der Waals surface area contributed by atoms with Crippen molar-refractivity contribution in [3.05, 3.63) is 88.4 Å². The zero-order valence-corrected chi connectivity index (χ0v) is 17.0. The van der Waals surface area contributed by atoms with E-state index in [-0.39, 0.29) is 17.4 Å². The first-order valence-corrected chi connectivity index (χ1v) is 9.47. The average molecular weight is 453 g/mol. The molecular weight excluding hydrogens is 436 g/mol. The van der Waals surface area contributed by atoms with Crippen LogP contribution in [0.5, 0.6) is 5.75 Å². The van der Waals surface area contributed by atoms with Crippen LogP contribution in [-0.4, -0.2) is 17.8 Å². The second-order valence-electron chi connectivity index (χ2n) is 6.10. The van der Waals surface area contributed by atoms with Crippen molar-refractivity contribution in [2.24, 2.45) is 0 Å². The number of anilines is 2. The molecule has 7 heteroatoms. The van der Waals surface area contributed by atoms with Crippen LogP contribution < -0.4 is 15.4 Å². The van der Waals surface area contributed by atoms with E-state index in [2.05, 4.69) is 26.6 Å². The fourth-order valence-electron chi connectivity index (χ4n) is 2.54. The predicted molar refractivity (Wildman–Crippen MR) is 114 cm³/mol. The van der Waals surface area contributed by atoms with Gasteiger partial charge in [0.2, 0.25) is 5.91 Å². The second kappa shape index (κ2) is 9.16. The highest BCUT2D eigenvalue weighted by molar-refractivity contribution is 9.10. The molecule has 29 heavy (non-hydrogen) atoms. The summed E-state index contributed by atoms with van der Waals surface area (Å²) in [5.41, 5.74) is 1.63. The van der Waals surface area contributed by atoms with Crippen molar-refractivity contribution in [2.45, 2.75) is 6.92 Å². The normalized spacial score (nSPS) is 10.1. The van der Waals surface area contributed by atoms with Gasteiger partial charge in [-0.3, -0.25) is 9.59 Å². The molecule has 0 unspecified atom stereocenters. The van der Waals surface area contributed by atoms with Gasteiger partial charge in [-0.1, -0.05) is 28.1 Å². The molecule has 3 aromatic rings. The van der Waals surface area contributed by atoms with Gasteiger partial charge < -0.3 is 15.4 Å². The smallest absolute Gasteiger partial charge is 0.345 e. The third kappa shape index (κ3) is 5.52. The first-order chi connectivity index (χ1) is 13.9. The summed E-state index contributed by atoms with van der Waals surface area (Å²) >= 11 is 3.33. The van der Waals surface area contributed by atoms with E-state index in [4.69, 9.17) is 4.74 Å². The molecule has 6 nitrogen and oxygen atoms in total. The van der Waals surface area contributed by atoms with Gasteiger partial charge in [0.05, 0.1) is 11.3 Å². The van der Waals surface area contributed by atoms with Gasteiger partial charge in [-0.05, 0) is 60.7 Å². The summed E-state index contributed by atoms with van der Waals surface area (Å²) in [4.78, 5) is 36.2. The van der Waals surface area contributed by atoms with Gasteiger partial charge in [-0.15, -0.1) is 0 Å². The minimum absolute atomic E-state index is 0.190. The number of carbonyl (C=O) groups is 3. The first-order valence-electron chi connectivity index (χ1n) is 8.68. The van der Waals surface area contributed by atoms with Crippen LogP contribution >= 0.6 is 15.9 Å². The number of carbonyl (C=O) groups excluding carboxylic acids is 3. The van der Waals surface area contributed by atoms with E-state index < -0.39 is 5.97 Å². The molecule has 0 spiro atoms. The van der Waals surface area contributed by atoms with E-state index in [9.17, 15) is 14.4 Å². The summed E-state index contributed by atoms with van der Waals surface area (Å²) < 4.78 is 6.26. The number of para-hydroxylation sites is 1. The molecule has 2 amide bonds. The molecule has 0 fully saturated rings.